The lowest BCUT2D eigenvalue weighted by molar-refractivity contribution is 0.0832. The highest BCUT2D eigenvalue weighted by molar-refractivity contribution is 6.20. The highest BCUT2D eigenvalue weighted by atomic mass is 35.5. The van der Waals surface area contributed by atoms with Crippen LogP contribution in [0.4, 0.5) is 0 Å². The second-order valence-corrected chi connectivity index (χ2v) is 5.26. The van der Waals surface area contributed by atoms with Crippen molar-refractivity contribution in [2.75, 3.05) is 26.7 Å². The van der Waals surface area contributed by atoms with E-state index < -0.39 is 0 Å². The molecule has 0 aromatic rings. The number of methoxy groups -OCH3 is 2. The fourth-order valence-corrected chi connectivity index (χ4v) is 1.47. The van der Waals surface area contributed by atoms with Crippen molar-refractivity contribution in [1.82, 2.24) is 0 Å². The Hall–Kier alpha value is 0.500. The quantitative estimate of drug-likeness (QED) is 0.673. The van der Waals surface area contributed by atoms with Crippen LogP contribution in [0, 0.1) is 11.8 Å². The predicted molar refractivity (Wildman–Crippen MR) is 79.4 cm³/mol. The number of ether oxygens (including phenoxy) is 2. The molecule has 0 saturated carbocycles. The SMILES string of the molecule is C.COC(CCl)C(C)C.COCC(Cl)C(C)C. The van der Waals surface area contributed by atoms with Gasteiger partial charge in [0.2, 0.25) is 0 Å². The molecule has 4 heteroatoms. The van der Waals surface area contributed by atoms with Crippen LogP contribution in [0.2, 0.25) is 0 Å². The van der Waals surface area contributed by atoms with E-state index >= 15 is 0 Å². The first-order chi connectivity index (χ1) is 7.40. The molecule has 0 aromatic carbocycles. The van der Waals surface area contributed by atoms with Gasteiger partial charge in [-0.25, -0.2) is 0 Å². The van der Waals surface area contributed by atoms with Gasteiger partial charge in [0.25, 0.3) is 0 Å². The molecule has 0 aliphatic carbocycles. The van der Waals surface area contributed by atoms with Crippen molar-refractivity contribution in [3.63, 3.8) is 0 Å². The van der Waals surface area contributed by atoms with Gasteiger partial charge in [-0.2, -0.15) is 0 Å². The molecule has 0 saturated heterocycles. The summed E-state index contributed by atoms with van der Waals surface area (Å²) in [6, 6.07) is 0. The van der Waals surface area contributed by atoms with Gasteiger partial charge in [-0.1, -0.05) is 35.1 Å². The van der Waals surface area contributed by atoms with Gasteiger partial charge >= 0.3 is 0 Å². The molecular formula is C13H30Cl2O2. The predicted octanol–water partition coefficient (Wildman–Crippen LogP) is 4.43. The number of hydrogen-bond acceptors (Lipinski definition) is 2. The molecule has 0 radical (unpaired) electrons. The minimum atomic E-state index is 0. The Morgan fingerprint density at radius 1 is 1.00 bits per heavy atom. The summed E-state index contributed by atoms with van der Waals surface area (Å²) >= 11 is 11.3. The number of halogens is 2. The van der Waals surface area contributed by atoms with Crippen molar-refractivity contribution in [1.29, 1.82) is 0 Å². The average Bonchev–Trinajstić information content (AvgIpc) is 2.20. The maximum absolute atomic E-state index is 5.79. The molecule has 2 nitrogen and oxygen atoms in total. The van der Waals surface area contributed by atoms with Crippen LogP contribution in [0.15, 0.2) is 0 Å². The van der Waals surface area contributed by atoms with Gasteiger partial charge in [0.1, 0.15) is 0 Å². The van der Waals surface area contributed by atoms with Crippen molar-refractivity contribution < 1.29 is 9.47 Å². The van der Waals surface area contributed by atoms with Crippen molar-refractivity contribution in [3.05, 3.63) is 0 Å². The number of alkyl halides is 2. The summed E-state index contributed by atoms with van der Waals surface area (Å²) in [5, 5.41) is 0.167. The molecule has 2 unspecified atom stereocenters. The normalized spacial score (nSPS) is 13.8. The fraction of sp³-hybridized carbons (Fsp3) is 1.00. The molecule has 17 heavy (non-hydrogen) atoms. The van der Waals surface area contributed by atoms with Gasteiger partial charge < -0.3 is 9.47 Å². The zero-order valence-corrected chi connectivity index (χ0v) is 12.8. The summed E-state index contributed by atoms with van der Waals surface area (Å²) < 4.78 is 9.86. The lowest BCUT2D eigenvalue weighted by Crippen LogP contribution is -2.19. The Bertz CT molecular complexity index is 137. The van der Waals surface area contributed by atoms with E-state index in [4.69, 9.17) is 32.7 Å². The number of rotatable bonds is 6. The summed E-state index contributed by atoms with van der Waals surface area (Å²) in [6.45, 7) is 9.00. The van der Waals surface area contributed by atoms with E-state index in [0.29, 0.717) is 24.3 Å². The maximum Gasteiger partial charge on any atom is 0.0729 e. The third-order valence-electron chi connectivity index (χ3n) is 2.25. The lowest BCUT2D eigenvalue weighted by Gasteiger charge is -2.14. The van der Waals surface area contributed by atoms with E-state index in [9.17, 15) is 0 Å². The Morgan fingerprint density at radius 2 is 1.47 bits per heavy atom. The fourth-order valence-electron chi connectivity index (χ4n) is 0.865. The molecule has 0 bridgehead atoms. The van der Waals surface area contributed by atoms with Crippen LogP contribution in [-0.4, -0.2) is 38.2 Å². The minimum Gasteiger partial charge on any atom is -0.383 e. The van der Waals surface area contributed by atoms with E-state index in [-0.39, 0.29) is 18.9 Å². The van der Waals surface area contributed by atoms with Gasteiger partial charge in [-0.15, -0.1) is 23.2 Å². The average molecular weight is 289 g/mol. The smallest absolute Gasteiger partial charge is 0.0729 e. The molecule has 0 fully saturated rings. The van der Waals surface area contributed by atoms with E-state index in [1.54, 1.807) is 14.2 Å². The van der Waals surface area contributed by atoms with Crippen LogP contribution in [0.5, 0.6) is 0 Å². The first kappa shape index (κ1) is 22.7. The van der Waals surface area contributed by atoms with Gasteiger partial charge in [-0.05, 0) is 11.8 Å². The molecule has 0 aromatic heterocycles. The molecule has 2 atom stereocenters. The standard InChI is InChI=1S/2C6H13ClO.CH4/c1-5(2)6(7)4-8-3;1-5(2)6(4-7)8-3;/h2*5-6H,4H2,1-3H3;1H4. The monoisotopic (exact) mass is 288 g/mol. The first-order valence-corrected chi connectivity index (χ1v) is 6.59. The lowest BCUT2D eigenvalue weighted by atomic mass is 10.1. The summed E-state index contributed by atoms with van der Waals surface area (Å²) in [5.74, 6) is 1.63. The molecule has 0 amide bonds. The molecule has 0 spiro atoms. The first-order valence-electron chi connectivity index (χ1n) is 5.62. The summed E-state index contributed by atoms with van der Waals surface area (Å²) in [5.41, 5.74) is 0. The van der Waals surface area contributed by atoms with Crippen LogP contribution < -0.4 is 0 Å². The largest absolute Gasteiger partial charge is 0.383 e. The molecule has 0 heterocycles. The molecule has 0 aliphatic heterocycles. The van der Waals surface area contributed by atoms with E-state index in [1.807, 2.05) is 0 Å². The van der Waals surface area contributed by atoms with Crippen LogP contribution in [-0.2, 0) is 9.47 Å². The number of hydrogen-bond donors (Lipinski definition) is 0. The van der Waals surface area contributed by atoms with Gasteiger partial charge in [-0.3, -0.25) is 0 Å². The van der Waals surface area contributed by atoms with Gasteiger partial charge in [0.05, 0.1) is 18.1 Å². The Kier molecular flexibility index (Phi) is 19.4. The summed E-state index contributed by atoms with van der Waals surface area (Å²) in [6.07, 6.45) is 0.219. The van der Waals surface area contributed by atoms with Crippen LogP contribution in [0.25, 0.3) is 0 Å². The summed E-state index contributed by atoms with van der Waals surface area (Å²) in [4.78, 5) is 0. The second kappa shape index (κ2) is 14.6. The zero-order chi connectivity index (χ0) is 13.1. The maximum atomic E-state index is 5.79. The third kappa shape index (κ3) is 14.4. The van der Waals surface area contributed by atoms with Crippen LogP contribution in [0.3, 0.4) is 0 Å². The molecule has 108 valence electrons. The van der Waals surface area contributed by atoms with Crippen LogP contribution >= 0.6 is 23.2 Å². The Morgan fingerprint density at radius 3 is 1.53 bits per heavy atom. The van der Waals surface area contributed by atoms with Crippen molar-refractivity contribution >= 4 is 23.2 Å². The highest BCUT2D eigenvalue weighted by Gasteiger charge is 2.08. The topological polar surface area (TPSA) is 18.5 Å². The van der Waals surface area contributed by atoms with E-state index in [0.717, 1.165) is 0 Å². The van der Waals surface area contributed by atoms with Crippen molar-refractivity contribution in [2.45, 2.75) is 46.6 Å². The molecule has 0 N–H and O–H groups in total. The second-order valence-electron chi connectivity index (χ2n) is 4.39. The Balaban J connectivity index is -0.000000218. The summed E-state index contributed by atoms with van der Waals surface area (Å²) in [7, 11) is 3.35. The Labute approximate surface area is 118 Å². The van der Waals surface area contributed by atoms with Crippen molar-refractivity contribution in [2.24, 2.45) is 11.8 Å². The van der Waals surface area contributed by atoms with E-state index in [2.05, 4.69) is 27.7 Å². The van der Waals surface area contributed by atoms with Crippen molar-refractivity contribution in [3.8, 4) is 0 Å². The van der Waals surface area contributed by atoms with E-state index in [1.165, 1.54) is 0 Å². The van der Waals surface area contributed by atoms with Crippen LogP contribution in [0.1, 0.15) is 35.1 Å². The zero-order valence-electron chi connectivity index (χ0n) is 11.3. The molecular weight excluding hydrogens is 259 g/mol. The third-order valence-corrected chi connectivity index (χ3v) is 3.18. The van der Waals surface area contributed by atoms with Gasteiger partial charge in [0.15, 0.2) is 0 Å². The molecule has 0 rings (SSSR count). The molecule has 0 aliphatic rings. The van der Waals surface area contributed by atoms with Gasteiger partial charge in [0, 0.05) is 20.1 Å². The minimum absolute atomic E-state index is 0. The highest BCUT2D eigenvalue weighted by Crippen LogP contribution is 2.08.